The molecule has 3 rings (SSSR count). The first-order valence-electron chi connectivity index (χ1n) is 9.32. The van der Waals surface area contributed by atoms with E-state index in [1.165, 1.54) is 17.0 Å². The number of nitrogens with zero attached hydrogens (tertiary/aromatic N) is 1. The standard InChI is InChI=1S/C22H23N3O5/c1-5-7-14(16-11-10-12(2)30-16)23-17-18(21(28)20(17)27)24-15-9-6-8-13(19(15)26)22(29)25(3)4/h5-6,8-11,14,23-24,26H,1,7H2,2-4H3. The number of hydrogen-bond donors (Lipinski definition) is 3. The Balaban J connectivity index is 1.91. The topological polar surface area (TPSA) is 112 Å². The van der Waals surface area contributed by atoms with E-state index in [-0.39, 0.29) is 28.4 Å². The van der Waals surface area contributed by atoms with Crippen molar-refractivity contribution in [2.24, 2.45) is 0 Å². The van der Waals surface area contributed by atoms with E-state index in [1.54, 1.807) is 38.4 Å². The van der Waals surface area contributed by atoms with E-state index in [0.29, 0.717) is 12.2 Å². The summed E-state index contributed by atoms with van der Waals surface area (Å²) in [5.41, 5.74) is -1.06. The maximum absolute atomic E-state index is 12.2. The highest BCUT2D eigenvalue weighted by molar-refractivity contribution is 5.99. The molecule has 1 amide bonds. The van der Waals surface area contributed by atoms with Crippen molar-refractivity contribution < 1.29 is 14.3 Å². The molecule has 1 atom stereocenters. The van der Waals surface area contributed by atoms with E-state index in [4.69, 9.17) is 4.42 Å². The van der Waals surface area contributed by atoms with Crippen molar-refractivity contribution in [3.63, 3.8) is 0 Å². The van der Waals surface area contributed by atoms with Crippen LogP contribution in [0.5, 0.6) is 5.75 Å². The van der Waals surface area contributed by atoms with Crippen LogP contribution in [0.25, 0.3) is 0 Å². The minimum Gasteiger partial charge on any atom is -0.505 e. The second kappa shape index (κ2) is 8.28. The lowest BCUT2D eigenvalue weighted by Crippen LogP contribution is -2.37. The summed E-state index contributed by atoms with van der Waals surface area (Å²) >= 11 is 0. The quantitative estimate of drug-likeness (QED) is 0.298. The molecule has 0 radical (unpaired) electrons. The first kappa shape index (κ1) is 20.9. The Hall–Kier alpha value is -3.81. The molecule has 8 heteroatoms. The predicted molar refractivity (Wildman–Crippen MR) is 115 cm³/mol. The Morgan fingerprint density at radius 1 is 1.20 bits per heavy atom. The lowest BCUT2D eigenvalue weighted by atomic mass is 10.1. The molecule has 2 aromatic carbocycles. The number of para-hydroxylation sites is 1. The van der Waals surface area contributed by atoms with Crippen LogP contribution in [0.4, 0.5) is 17.1 Å². The van der Waals surface area contributed by atoms with Gasteiger partial charge in [-0.05, 0) is 37.6 Å². The van der Waals surface area contributed by atoms with Crippen molar-refractivity contribution in [1.29, 1.82) is 0 Å². The smallest absolute Gasteiger partial charge is 0.257 e. The molecule has 0 saturated heterocycles. The first-order chi connectivity index (χ1) is 14.2. The molecular weight excluding hydrogens is 386 g/mol. The average molecular weight is 409 g/mol. The molecule has 30 heavy (non-hydrogen) atoms. The average Bonchev–Trinajstić information content (AvgIpc) is 3.16. The minimum atomic E-state index is -0.714. The Labute approximate surface area is 173 Å². The van der Waals surface area contributed by atoms with Crippen LogP contribution in [0.1, 0.15) is 34.3 Å². The van der Waals surface area contributed by atoms with E-state index in [0.717, 1.165) is 5.76 Å². The van der Waals surface area contributed by atoms with Crippen molar-refractivity contribution in [3.8, 4) is 5.75 Å². The summed E-state index contributed by atoms with van der Waals surface area (Å²) < 4.78 is 5.64. The fraction of sp³-hybridized carbons (Fsp3) is 0.227. The van der Waals surface area contributed by atoms with Crippen molar-refractivity contribution in [3.05, 3.63) is 80.5 Å². The third-order valence-corrected chi connectivity index (χ3v) is 4.67. The first-order valence-corrected chi connectivity index (χ1v) is 9.32. The maximum atomic E-state index is 12.2. The monoisotopic (exact) mass is 409 g/mol. The summed E-state index contributed by atoms with van der Waals surface area (Å²) in [6.45, 7) is 5.53. The zero-order valence-electron chi connectivity index (χ0n) is 17.0. The number of amides is 1. The SMILES string of the molecule is C=CCC(Nc1c(Nc2cccc(C(=O)N(C)C)c2O)c(=O)c1=O)c1ccc(C)o1. The molecule has 0 aliphatic heterocycles. The normalized spacial score (nSPS) is 11.8. The minimum absolute atomic E-state index is 0.0158. The fourth-order valence-electron chi connectivity index (χ4n) is 3.07. The zero-order valence-corrected chi connectivity index (χ0v) is 17.0. The number of carbonyl (C=O) groups is 1. The van der Waals surface area contributed by atoms with Gasteiger partial charge in [0.25, 0.3) is 16.8 Å². The highest BCUT2D eigenvalue weighted by Crippen LogP contribution is 2.33. The molecule has 0 spiro atoms. The van der Waals surface area contributed by atoms with Gasteiger partial charge in [-0.25, -0.2) is 0 Å². The number of phenolic OH excluding ortho intramolecular Hbond substituents is 1. The van der Waals surface area contributed by atoms with Gasteiger partial charge in [0.2, 0.25) is 0 Å². The summed E-state index contributed by atoms with van der Waals surface area (Å²) in [7, 11) is 3.13. The number of aromatic hydroxyl groups is 1. The number of rotatable bonds is 8. The van der Waals surface area contributed by atoms with E-state index in [9.17, 15) is 19.5 Å². The van der Waals surface area contributed by atoms with Crippen LogP contribution in [0.3, 0.4) is 0 Å². The van der Waals surface area contributed by atoms with Gasteiger partial charge in [-0.2, -0.15) is 0 Å². The van der Waals surface area contributed by atoms with Crippen LogP contribution < -0.4 is 21.5 Å². The highest BCUT2D eigenvalue weighted by atomic mass is 16.3. The third kappa shape index (κ3) is 3.84. The van der Waals surface area contributed by atoms with E-state index in [1.807, 2.05) is 6.92 Å². The van der Waals surface area contributed by atoms with Gasteiger partial charge in [-0.3, -0.25) is 14.4 Å². The molecule has 0 fully saturated rings. The molecule has 156 valence electrons. The molecule has 0 aliphatic carbocycles. The van der Waals surface area contributed by atoms with Gasteiger partial charge in [0, 0.05) is 14.1 Å². The number of benzene rings is 1. The van der Waals surface area contributed by atoms with Crippen LogP contribution in [-0.4, -0.2) is 30.0 Å². The van der Waals surface area contributed by atoms with Gasteiger partial charge < -0.3 is 25.1 Å². The number of anilines is 3. The van der Waals surface area contributed by atoms with Crippen LogP contribution in [0.2, 0.25) is 0 Å². The number of nitrogens with one attached hydrogen (secondary N) is 2. The molecule has 1 heterocycles. The Bertz CT molecular complexity index is 1170. The summed E-state index contributed by atoms with van der Waals surface area (Å²) in [5, 5.41) is 16.3. The second-order valence-electron chi connectivity index (χ2n) is 7.10. The lowest BCUT2D eigenvalue weighted by Gasteiger charge is -2.21. The van der Waals surface area contributed by atoms with Gasteiger partial charge in [0.05, 0.1) is 17.3 Å². The molecular formula is C22H23N3O5. The Morgan fingerprint density at radius 3 is 2.50 bits per heavy atom. The molecule has 1 aromatic heterocycles. The van der Waals surface area contributed by atoms with E-state index < -0.39 is 22.8 Å². The number of carbonyl (C=O) groups excluding carboxylic acids is 1. The summed E-state index contributed by atoms with van der Waals surface area (Å²) in [4.78, 5) is 37.9. The molecule has 0 saturated carbocycles. The molecule has 0 bridgehead atoms. The molecule has 3 aromatic rings. The van der Waals surface area contributed by atoms with Crippen molar-refractivity contribution in [2.45, 2.75) is 19.4 Å². The van der Waals surface area contributed by atoms with Gasteiger partial charge in [-0.1, -0.05) is 12.1 Å². The molecule has 1 unspecified atom stereocenters. The highest BCUT2D eigenvalue weighted by Gasteiger charge is 2.26. The molecule has 0 aliphatic rings. The largest absolute Gasteiger partial charge is 0.505 e. The number of aryl methyl sites for hydroxylation is 1. The molecule has 3 N–H and O–H groups in total. The van der Waals surface area contributed by atoms with Crippen molar-refractivity contribution in [2.75, 3.05) is 24.7 Å². The van der Waals surface area contributed by atoms with Crippen LogP contribution >= 0.6 is 0 Å². The van der Waals surface area contributed by atoms with Gasteiger partial charge >= 0.3 is 0 Å². The van der Waals surface area contributed by atoms with E-state index >= 15 is 0 Å². The number of furan rings is 1. The van der Waals surface area contributed by atoms with Gasteiger partial charge in [0.1, 0.15) is 22.9 Å². The summed E-state index contributed by atoms with van der Waals surface area (Å²) in [5.74, 6) is 0.627. The summed E-state index contributed by atoms with van der Waals surface area (Å²) in [6.07, 6.45) is 2.14. The molecule has 8 nitrogen and oxygen atoms in total. The van der Waals surface area contributed by atoms with Crippen LogP contribution in [0.15, 0.2) is 57.0 Å². The van der Waals surface area contributed by atoms with Crippen molar-refractivity contribution >= 4 is 23.0 Å². The van der Waals surface area contributed by atoms with Crippen LogP contribution in [-0.2, 0) is 0 Å². The maximum Gasteiger partial charge on any atom is 0.257 e. The van der Waals surface area contributed by atoms with E-state index in [2.05, 4.69) is 17.2 Å². The lowest BCUT2D eigenvalue weighted by molar-refractivity contribution is 0.0824. The fourth-order valence-corrected chi connectivity index (χ4v) is 3.07. The predicted octanol–water partition coefficient (Wildman–Crippen LogP) is 3.06. The van der Waals surface area contributed by atoms with Crippen LogP contribution in [0, 0.1) is 6.92 Å². The Kier molecular flexibility index (Phi) is 5.77. The zero-order chi connectivity index (χ0) is 22.0. The summed E-state index contributed by atoms with van der Waals surface area (Å²) in [6, 6.07) is 7.76. The third-order valence-electron chi connectivity index (χ3n) is 4.67. The van der Waals surface area contributed by atoms with Crippen molar-refractivity contribution in [1.82, 2.24) is 4.90 Å². The number of phenols is 1. The Morgan fingerprint density at radius 2 is 1.90 bits per heavy atom. The van der Waals surface area contributed by atoms with Gasteiger partial charge in [-0.15, -0.1) is 6.58 Å². The second-order valence-corrected chi connectivity index (χ2v) is 7.10. The van der Waals surface area contributed by atoms with Gasteiger partial charge in [0.15, 0.2) is 5.75 Å². The number of hydrogen-bond acceptors (Lipinski definition) is 7.